The Morgan fingerprint density at radius 1 is 1.11 bits per heavy atom. The third-order valence-electron chi connectivity index (χ3n) is 6.27. The Morgan fingerprint density at radius 3 is 2.37 bits per heavy atom. The summed E-state index contributed by atoms with van der Waals surface area (Å²) in [5.41, 5.74) is 3.16. The van der Waals surface area contributed by atoms with Crippen LogP contribution in [0.2, 0.25) is 9.36 Å². The van der Waals surface area contributed by atoms with Crippen LogP contribution in [-0.4, -0.2) is 29.3 Å². The van der Waals surface area contributed by atoms with Gasteiger partial charge in [0.15, 0.2) is 5.69 Å². The Hall–Kier alpha value is -2.61. The third-order valence-corrected chi connectivity index (χ3v) is 7.88. The second-order valence-electron chi connectivity index (χ2n) is 8.75. The van der Waals surface area contributed by atoms with Gasteiger partial charge in [-0.1, -0.05) is 65.9 Å². The monoisotopic (exact) mass is 531 g/mol. The molecule has 1 N–H and O–H groups in total. The van der Waals surface area contributed by atoms with E-state index in [0.29, 0.717) is 17.0 Å². The van der Waals surface area contributed by atoms with Crippen LogP contribution in [0, 0.1) is 13.8 Å². The zero-order valence-corrected chi connectivity index (χ0v) is 22.1. The number of anilines is 1. The van der Waals surface area contributed by atoms with Gasteiger partial charge in [-0.3, -0.25) is 14.5 Å². The third kappa shape index (κ3) is 5.47. The summed E-state index contributed by atoms with van der Waals surface area (Å²) >= 11 is 13.4. The van der Waals surface area contributed by atoms with Gasteiger partial charge in [0.25, 0.3) is 5.91 Å². The van der Waals surface area contributed by atoms with E-state index in [1.165, 1.54) is 4.90 Å². The lowest BCUT2D eigenvalue weighted by Crippen LogP contribution is -2.46. The molecule has 3 aromatic rings. The first-order chi connectivity index (χ1) is 16.8. The average molecular weight is 532 g/mol. The Kier molecular flexibility index (Phi) is 7.99. The topological polar surface area (TPSA) is 71.5 Å². The lowest BCUT2D eigenvalue weighted by molar-refractivity contribution is -0.123. The summed E-state index contributed by atoms with van der Waals surface area (Å²) < 4.78 is 9.75. The molecule has 2 amide bonds. The van der Waals surface area contributed by atoms with Gasteiger partial charge in [-0.25, -0.2) is 0 Å². The second-order valence-corrected chi connectivity index (χ2v) is 10.5. The molecule has 1 saturated carbocycles. The van der Waals surface area contributed by atoms with Gasteiger partial charge in [-0.05, 0) is 67.5 Å². The van der Waals surface area contributed by atoms with Crippen LogP contribution >= 0.6 is 34.7 Å². The number of carbonyl (C=O) groups is 2. The Labute approximate surface area is 219 Å². The molecule has 0 bridgehead atoms. The zero-order chi connectivity index (χ0) is 25.1. The number of aromatic nitrogens is 1. The standard InChI is InChI=1S/C26H27Cl2N3O3S/c1-15-8-13-20(16(2)14-15)31(26(33)22-21(27)24(28)35-30-22)23(17-9-11-19(34-3)12-10-17)25(32)29-18-6-4-5-7-18/h8-14,18,23H,4-7H2,1-3H3,(H,29,32)/t23-/m1/s1. The highest BCUT2D eigenvalue weighted by atomic mass is 35.5. The predicted molar refractivity (Wildman–Crippen MR) is 141 cm³/mol. The Morgan fingerprint density at radius 2 is 1.80 bits per heavy atom. The smallest absolute Gasteiger partial charge is 0.280 e. The molecule has 6 nitrogen and oxygen atoms in total. The van der Waals surface area contributed by atoms with Crippen LogP contribution in [0.15, 0.2) is 42.5 Å². The molecule has 184 valence electrons. The molecule has 1 aromatic heterocycles. The molecule has 9 heteroatoms. The van der Waals surface area contributed by atoms with Gasteiger partial charge in [0, 0.05) is 11.7 Å². The van der Waals surface area contributed by atoms with Crippen molar-refractivity contribution in [2.24, 2.45) is 0 Å². The van der Waals surface area contributed by atoms with E-state index in [4.69, 9.17) is 27.9 Å². The number of carbonyl (C=O) groups excluding carboxylic acids is 2. The number of hydrogen-bond acceptors (Lipinski definition) is 5. The van der Waals surface area contributed by atoms with Crippen molar-refractivity contribution in [1.29, 1.82) is 0 Å². The van der Waals surface area contributed by atoms with Crippen LogP contribution in [-0.2, 0) is 4.79 Å². The van der Waals surface area contributed by atoms with Crippen LogP contribution in [0.3, 0.4) is 0 Å². The molecular formula is C26H27Cl2N3O3S. The molecule has 1 aliphatic carbocycles. The molecule has 1 fully saturated rings. The molecule has 0 radical (unpaired) electrons. The van der Waals surface area contributed by atoms with Gasteiger partial charge < -0.3 is 10.1 Å². The average Bonchev–Trinajstić information content (AvgIpc) is 3.47. The molecular weight excluding hydrogens is 505 g/mol. The first-order valence-electron chi connectivity index (χ1n) is 11.5. The summed E-state index contributed by atoms with van der Waals surface area (Å²) in [6.45, 7) is 3.89. The highest BCUT2D eigenvalue weighted by molar-refractivity contribution is 7.11. The molecule has 0 spiro atoms. The van der Waals surface area contributed by atoms with Crippen molar-refractivity contribution in [3.63, 3.8) is 0 Å². The van der Waals surface area contributed by atoms with Crippen molar-refractivity contribution in [2.75, 3.05) is 12.0 Å². The van der Waals surface area contributed by atoms with Gasteiger partial charge in [0.2, 0.25) is 5.91 Å². The number of amides is 2. The van der Waals surface area contributed by atoms with E-state index in [9.17, 15) is 9.59 Å². The van der Waals surface area contributed by atoms with E-state index >= 15 is 0 Å². The number of methoxy groups -OCH3 is 1. The SMILES string of the molecule is COc1ccc([C@H](C(=O)NC2CCCC2)N(C(=O)c2nsc(Cl)c2Cl)c2ccc(C)cc2C)cc1. The van der Waals surface area contributed by atoms with Crippen LogP contribution < -0.4 is 15.0 Å². The first kappa shape index (κ1) is 25.5. The molecule has 2 aromatic carbocycles. The lowest BCUT2D eigenvalue weighted by Gasteiger charge is -2.33. The van der Waals surface area contributed by atoms with Crippen LogP contribution in [0.25, 0.3) is 0 Å². The molecule has 4 rings (SSSR count). The number of halogens is 2. The summed E-state index contributed by atoms with van der Waals surface area (Å²) in [4.78, 5) is 29.4. The van der Waals surface area contributed by atoms with Crippen molar-refractivity contribution >= 4 is 52.2 Å². The van der Waals surface area contributed by atoms with E-state index in [0.717, 1.165) is 48.3 Å². The van der Waals surface area contributed by atoms with E-state index in [1.54, 1.807) is 31.4 Å². The van der Waals surface area contributed by atoms with Gasteiger partial charge in [0.05, 0.1) is 7.11 Å². The zero-order valence-electron chi connectivity index (χ0n) is 19.8. The van der Waals surface area contributed by atoms with Crippen LogP contribution in [0.4, 0.5) is 5.69 Å². The summed E-state index contributed by atoms with van der Waals surface area (Å²) in [5.74, 6) is -0.0947. The number of nitrogens with one attached hydrogen (secondary N) is 1. The molecule has 1 atom stereocenters. The van der Waals surface area contributed by atoms with E-state index in [-0.39, 0.29) is 27.0 Å². The first-order valence-corrected chi connectivity index (χ1v) is 13.0. The number of nitrogens with zero attached hydrogens (tertiary/aromatic N) is 2. The van der Waals surface area contributed by atoms with Gasteiger partial charge in [-0.2, -0.15) is 4.37 Å². The summed E-state index contributed by atoms with van der Waals surface area (Å²) in [6, 6.07) is 12.0. The van der Waals surface area contributed by atoms with Crippen molar-refractivity contribution in [3.05, 3.63) is 74.2 Å². The minimum atomic E-state index is -0.952. The highest BCUT2D eigenvalue weighted by Crippen LogP contribution is 2.37. The molecule has 0 unspecified atom stereocenters. The minimum absolute atomic E-state index is 0.0221. The molecule has 35 heavy (non-hydrogen) atoms. The van der Waals surface area contributed by atoms with Gasteiger partial charge >= 0.3 is 0 Å². The number of aryl methyl sites for hydroxylation is 2. The van der Waals surface area contributed by atoms with Gasteiger partial charge in [-0.15, -0.1) is 0 Å². The Balaban J connectivity index is 1.87. The molecule has 1 aliphatic rings. The van der Waals surface area contributed by atoms with Crippen LogP contribution in [0.1, 0.15) is 58.9 Å². The maximum Gasteiger partial charge on any atom is 0.280 e. The largest absolute Gasteiger partial charge is 0.497 e. The van der Waals surface area contributed by atoms with Gasteiger partial charge in [0.1, 0.15) is 21.2 Å². The fraction of sp³-hybridized carbons (Fsp3) is 0.346. The number of hydrogen-bond donors (Lipinski definition) is 1. The van der Waals surface area contributed by atoms with E-state index in [1.807, 2.05) is 32.0 Å². The summed E-state index contributed by atoms with van der Waals surface area (Å²) in [5, 5.41) is 3.26. The van der Waals surface area contributed by atoms with Crippen molar-refractivity contribution in [1.82, 2.24) is 9.69 Å². The second kappa shape index (κ2) is 11.0. The number of benzene rings is 2. The van der Waals surface area contributed by atoms with Crippen molar-refractivity contribution in [2.45, 2.75) is 51.6 Å². The quantitative estimate of drug-likeness (QED) is 0.376. The van der Waals surface area contributed by atoms with Crippen LogP contribution in [0.5, 0.6) is 5.75 Å². The number of ether oxygens (including phenoxy) is 1. The fourth-order valence-electron chi connectivity index (χ4n) is 4.50. The highest BCUT2D eigenvalue weighted by Gasteiger charge is 2.37. The molecule has 0 aliphatic heterocycles. The Bertz CT molecular complexity index is 1220. The molecule has 0 saturated heterocycles. The predicted octanol–water partition coefficient (Wildman–Crippen LogP) is 6.52. The maximum atomic E-state index is 14.0. The van der Waals surface area contributed by atoms with Crippen molar-refractivity contribution in [3.8, 4) is 5.75 Å². The number of rotatable bonds is 7. The summed E-state index contributed by atoms with van der Waals surface area (Å²) in [6.07, 6.45) is 3.99. The minimum Gasteiger partial charge on any atom is -0.497 e. The van der Waals surface area contributed by atoms with Crippen molar-refractivity contribution < 1.29 is 14.3 Å². The normalized spacial score (nSPS) is 14.5. The van der Waals surface area contributed by atoms with E-state index in [2.05, 4.69) is 9.69 Å². The maximum absolute atomic E-state index is 14.0. The lowest BCUT2D eigenvalue weighted by atomic mass is 10.00. The van der Waals surface area contributed by atoms with E-state index < -0.39 is 11.9 Å². The summed E-state index contributed by atoms with van der Waals surface area (Å²) in [7, 11) is 1.58. The molecule has 1 heterocycles. The fourth-order valence-corrected chi connectivity index (χ4v) is 5.49.